The number of benzene rings is 3. The quantitative estimate of drug-likeness (QED) is 0.373. The molecule has 0 heterocycles. The fraction of sp³-hybridized carbons (Fsp3) is 0.286. The molecule has 0 aromatic heterocycles. The Morgan fingerprint density at radius 2 is 0.941 bits per heavy atom. The molecule has 0 unspecified atom stereocenters. The molecule has 0 saturated carbocycles. The summed E-state index contributed by atoms with van der Waals surface area (Å²) in [6, 6.07) is 16.9. The summed E-state index contributed by atoms with van der Waals surface area (Å²) in [6.07, 6.45) is 0. The van der Waals surface area contributed by atoms with Crippen LogP contribution >= 0.6 is 0 Å². The fourth-order valence-corrected chi connectivity index (χ4v) is 3.74. The highest BCUT2D eigenvalue weighted by atomic mass is 16.3. The molecule has 3 rings (SSSR count). The SMILES string of the molecule is CC(C)(C)c1cccc(C(=O)Nc2ccccc2NC(=O)c2cccc(C(C)(C)C)c2O)c1O. The Bertz CT molecular complexity index is 1140. The summed E-state index contributed by atoms with van der Waals surface area (Å²) in [5.74, 6) is -1.14. The molecule has 34 heavy (non-hydrogen) atoms. The summed E-state index contributed by atoms with van der Waals surface area (Å²) >= 11 is 0. The Balaban J connectivity index is 1.89. The Hall–Kier alpha value is -3.80. The summed E-state index contributed by atoms with van der Waals surface area (Å²) in [5.41, 5.74) is 1.67. The van der Waals surface area contributed by atoms with Crippen molar-refractivity contribution in [2.45, 2.75) is 52.4 Å². The molecule has 0 aliphatic carbocycles. The molecule has 0 bridgehead atoms. The summed E-state index contributed by atoms with van der Waals surface area (Å²) < 4.78 is 0. The third kappa shape index (κ3) is 5.22. The molecule has 3 aromatic carbocycles. The van der Waals surface area contributed by atoms with E-state index in [0.717, 1.165) is 0 Å². The molecule has 0 spiro atoms. The minimum atomic E-state index is -0.497. The lowest BCUT2D eigenvalue weighted by Crippen LogP contribution is -2.19. The van der Waals surface area contributed by atoms with Gasteiger partial charge in [0, 0.05) is 11.1 Å². The Kier molecular flexibility index (Phi) is 6.73. The number of anilines is 2. The first-order valence-corrected chi connectivity index (χ1v) is 11.2. The van der Waals surface area contributed by atoms with Gasteiger partial charge in [-0.2, -0.15) is 0 Å². The van der Waals surface area contributed by atoms with Crippen molar-refractivity contribution in [3.8, 4) is 11.5 Å². The first-order valence-electron chi connectivity index (χ1n) is 11.2. The van der Waals surface area contributed by atoms with Gasteiger partial charge in [0.2, 0.25) is 0 Å². The number of nitrogens with one attached hydrogen (secondary N) is 2. The molecule has 3 aromatic rings. The summed E-state index contributed by atoms with van der Waals surface area (Å²) in [5, 5.41) is 27.0. The number of carbonyl (C=O) groups is 2. The molecule has 6 nitrogen and oxygen atoms in total. The second kappa shape index (κ2) is 9.21. The first-order chi connectivity index (χ1) is 15.8. The van der Waals surface area contributed by atoms with E-state index in [1.54, 1.807) is 60.7 Å². The van der Waals surface area contributed by atoms with E-state index in [9.17, 15) is 19.8 Å². The highest BCUT2D eigenvalue weighted by Gasteiger charge is 2.24. The van der Waals surface area contributed by atoms with Crippen LogP contribution in [0.2, 0.25) is 0 Å². The van der Waals surface area contributed by atoms with Gasteiger partial charge in [-0.25, -0.2) is 0 Å². The van der Waals surface area contributed by atoms with Gasteiger partial charge in [0.25, 0.3) is 11.8 Å². The largest absolute Gasteiger partial charge is 0.507 e. The maximum absolute atomic E-state index is 13.0. The molecule has 0 aliphatic rings. The smallest absolute Gasteiger partial charge is 0.259 e. The third-order valence-electron chi connectivity index (χ3n) is 5.60. The number of rotatable bonds is 4. The van der Waals surface area contributed by atoms with Crippen LogP contribution in [0.25, 0.3) is 0 Å². The van der Waals surface area contributed by atoms with Crippen molar-refractivity contribution in [3.05, 3.63) is 82.9 Å². The van der Waals surface area contributed by atoms with Crippen LogP contribution in [0.1, 0.15) is 73.4 Å². The zero-order valence-electron chi connectivity index (χ0n) is 20.5. The van der Waals surface area contributed by atoms with Crippen molar-refractivity contribution in [3.63, 3.8) is 0 Å². The molecular weight excluding hydrogens is 428 g/mol. The van der Waals surface area contributed by atoms with E-state index in [-0.39, 0.29) is 33.5 Å². The summed E-state index contributed by atoms with van der Waals surface area (Å²) in [6.45, 7) is 11.7. The van der Waals surface area contributed by atoms with Crippen molar-refractivity contribution >= 4 is 23.2 Å². The van der Waals surface area contributed by atoms with Gasteiger partial charge >= 0.3 is 0 Å². The number of carbonyl (C=O) groups excluding carboxylic acids is 2. The van der Waals surface area contributed by atoms with E-state index in [1.807, 2.05) is 41.5 Å². The topological polar surface area (TPSA) is 98.7 Å². The lowest BCUT2D eigenvalue weighted by atomic mass is 9.85. The minimum absolute atomic E-state index is 0.0714. The van der Waals surface area contributed by atoms with Gasteiger partial charge in [-0.15, -0.1) is 0 Å². The average molecular weight is 461 g/mol. The zero-order chi connectivity index (χ0) is 25.3. The van der Waals surface area contributed by atoms with Crippen LogP contribution in [-0.4, -0.2) is 22.0 Å². The monoisotopic (exact) mass is 460 g/mol. The number of amides is 2. The van der Waals surface area contributed by atoms with E-state index < -0.39 is 11.8 Å². The van der Waals surface area contributed by atoms with Crippen LogP contribution in [0.4, 0.5) is 11.4 Å². The second-order valence-corrected chi connectivity index (χ2v) is 10.4. The van der Waals surface area contributed by atoms with Crippen LogP contribution in [0.5, 0.6) is 11.5 Å². The molecule has 0 saturated heterocycles. The van der Waals surface area contributed by atoms with Gasteiger partial charge < -0.3 is 20.8 Å². The van der Waals surface area contributed by atoms with Crippen LogP contribution in [0, 0.1) is 0 Å². The van der Waals surface area contributed by atoms with Crippen molar-refractivity contribution < 1.29 is 19.8 Å². The van der Waals surface area contributed by atoms with Gasteiger partial charge in [-0.3, -0.25) is 9.59 Å². The van der Waals surface area contributed by atoms with Gasteiger partial charge in [0.15, 0.2) is 0 Å². The van der Waals surface area contributed by atoms with Gasteiger partial charge in [0.1, 0.15) is 11.5 Å². The zero-order valence-corrected chi connectivity index (χ0v) is 20.5. The highest BCUT2D eigenvalue weighted by molar-refractivity contribution is 6.11. The number of para-hydroxylation sites is 4. The normalized spacial score (nSPS) is 11.7. The van der Waals surface area contributed by atoms with Gasteiger partial charge in [-0.1, -0.05) is 77.9 Å². The summed E-state index contributed by atoms with van der Waals surface area (Å²) in [7, 11) is 0. The molecule has 4 N–H and O–H groups in total. The Morgan fingerprint density at radius 1 is 0.588 bits per heavy atom. The van der Waals surface area contributed by atoms with E-state index in [0.29, 0.717) is 22.5 Å². The van der Waals surface area contributed by atoms with Crippen LogP contribution < -0.4 is 10.6 Å². The molecule has 0 atom stereocenters. The van der Waals surface area contributed by atoms with Crippen molar-refractivity contribution in [2.75, 3.05) is 10.6 Å². The maximum Gasteiger partial charge on any atom is 0.259 e. The number of phenols is 2. The second-order valence-electron chi connectivity index (χ2n) is 10.4. The van der Waals surface area contributed by atoms with Gasteiger partial charge in [0.05, 0.1) is 22.5 Å². The maximum atomic E-state index is 13.0. The van der Waals surface area contributed by atoms with E-state index in [4.69, 9.17) is 0 Å². The molecule has 0 aliphatic heterocycles. The predicted octanol–water partition coefficient (Wildman–Crippen LogP) is 6.20. The molecule has 0 fully saturated rings. The lowest BCUT2D eigenvalue weighted by molar-refractivity contribution is 0.101. The lowest BCUT2D eigenvalue weighted by Gasteiger charge is -2.22. The van der Waals surface area contributed by atoms with Crippen molar-refractivity contribution in [1.29, 1.82) is 0 Å². The number of phenolic OH excluding ortho intramolecular Hbond substituents is 2. The van der Waals surface area contributed by atoms with Crippen LogP contribution in [0.3, 0.4) is 0 Å². The van der Waals surface area contributed by atoms with Crippen molar-refractivity contribution in [2.24, 2.45) is 0 Å². The Labute approximate surface area is 200 Å². The number of hydrogen-bond donors (Lipinski definition) is 4. The molecule has 6 heteroatoms. The van der Waals surface area contributed by atoms with E-state index in [1.165, 1.54) is 0 Å². The van der Waals surface area contributed by atoms with Gasteiger partial charge in [-0.05, 0) is 35.1 Å². The standard InChI is InChI=1S/C28H32N2O4/c1-27(2,3)19-13-9-11-17(23(19)31)25(33)29-21-15-7-8-16-22(21)30-26(34)18-12-10-14-20(24(18)32)28(4,5)6/h7-16,31-32H,1-6H3,(H,29,33)(H,30,34). The molecule has 178 valence electrons. The number of aromatic hydroxyl groups is 2. The first kappa shape index (κ1) is 24.8. The molecule has 0 radical (unpaired) electrons. The molecular formula is C28H32N2O4. The Morgan fingerprint density at radius 3 is 1.26 bits per heavy atom. The number of hydrogen-bond acceptors (Lipinski definition) is 4. The molecule has 2 amide bonds. The third-order valence-corrected chi connectivity index (χ3v) is 5.60. The summed E-state index contributed by atoms with van der Waals surface area (Å²) in [4.78, 5) is 26.0. The van der Waals surface area contributed by atoms with Crippen LogP contribution in [0.15, 0.2) is 60.7 Å². The fourth-order valence-electron chi connectivity index (χ4n) is 3.74. The van der Waals surface area contributed by atoms with E-state index >= 15 is 0 Å². The predicted molar refractivity (Wildman–Crippen MR) is 136 cm³/mol. The van der Waals surface area contributed by atoms with Crippen LogP contribution in [-0.2, 0) is 10.8 Å². The highest BCUT2D eigenvalue weighted by Crippen LogP contribution is 2.35. The van der Waals surface area contributed by atoms with Crippen molar-refractivity contribution in [1.82, 2.24) is 0 Å². The average Bonchev–Trinajstić information content (AvgIpc) is 2.73. The minimum Gasteiger partial charge on any atom is -0.507 e. The van der Waals surface area contributed by atoms with E-state index in [2.05, 4.69) is 10.6 Å².